The van der Waals surface area contributed by atoms with Gasteiger partial charge in [0.1, 0.15) is 0 Å². The first kappa shape index (κ1) is 11.0. The third-order valence-electron chi connectivity index (χ3n) is 3.20. The molecular formula is C14H15N3O. The summed E-state index contributed by atoms with van der Waals surface area (Å²) in [6.07, 6.45) is 5.81. The molecule has 4 heteroatoms. The van der Waals surface area contributed by atoms with E-state index in [1.807, 2.05) is 18.6 Å². The maximum Gasteiger partial charge on any atom is 0.0641 e. The van der Waals surface area contributed by atoms with Crippen molar-refractivity contribution in [3.05, 3.63) is 42.4 Å². The molecule has 0 aliphatic rings. The molecule has 92 valence electrons. The number of aliphatic hydroxyl groups is 1. The van der Waals surface area contributed by atoms with Crippen molar-refractivity contribution in [1.29, 1.82) is 0 Å². The van der Waals surface area contributed by atoms with E-state index in [1.165, 1.54) is 16.5 Å². The molecule has 0 bridgehead atoms. The Morgan fingerprint density at radius 2 is 2.28 bits per heavy atom. The number of nitrogens with zero attached hydrogens (tertiary/aromatic N) is 2. The molecule has 18 heavy (non-hydrogen) atoms. The largest absolute Gasteiger partial charge is 0.394 e. The minimum Gasteiger partial charge on any atom is -0.394 e. The zero-order valence-electron chi connectivity index (χ0n) is 10.2. The van der Waals surface area contributed by atoms with Gasteiger partial charge in [-0.25, -0.2) is 0 Å². The molecule has 0 saturated heterocycles. The minimum absolute atomic E-state index is 0.105. The summed E-state index contributed by atoms with van der Waals surface area (Å²) in [5, 5.41) is 14.3. The molecule has 0 radical (unpaired) electrons. The molecule has 2 aromatic heterocycles. The normalized spacial score (nSPS) is 11.2. The van der Waals surface area contributed by atoms with E-state index in [4.69, 9.17) is 5.11 Å². The van der Waals surface area contributed by atoms with Crippen LogP contribution in [-0.4, -0.2) is 26.5 Å². The standard InChI is InChI=1S/C14H15N3O/c1-10-3-2-4-12-13(8-15-14(10)12)11-7-16-17(9-11)5-6-18/h2-4,7-9,15,18H,5-6H2,1H3. The van der Waals surface area contributed by atoms with Crippen LogP contribution in [0.4, 0.5) is 0 Å². The number of nitrogens with one attached hydrogen (secondary N) is 1. The average molecular weight is 241 g/mol. The van der Waals surface area contributed by atoms with Gasteiger partial charge in [0.25, 0.3) is 0 Å². The second-order valence-corrected chi connectivity index (χ2v) is 4.42. The molecule has 0 spiro atoms. The molecule has 3 rings (SSSR count). The number of hydrogen-bond donors (Lipinski definition) is 2. The van der Waals surface area contributed by atoms with Crippen LogP contribution in [0, 0.1) is 6.92 Å². The lowest BCUT2D eigenvalue weighted by Crippen LogP contribution is -2.01. The molecule has 0 unspecified atom stereocenters. The second-order valence-electron chi connectivity index (χ2n) is 4.42. The average Bonchev–Trinajstić information content (AvgIpc) is 2.96. The smallest absolute Gasteiger partial charge is 0.0641 e. The lowest BCUT2D eigenvalue weighted by atomic mass is 10.1. The molecule has 0 aliphatic heterocycles. The van der Waals surface area contributed by atoms with Crippen molar-refractivity contribution in [2.75, 3.05) is 6.61 Å². The van der Waals surface area contributed by atoms with Crippen molar-refractivity contribution in [1.82, 2.24) is 14.8 Å². The van der Waals surface area contributed by atoms with Gasteiger partial charge >= 0.3 is 0 Å². The van der Waals surface area contributed by atoms with Crippen LogP contribution in [-0.2, 0) is 6.54 Å². The maximum absolute atomic E-state index is 8.90. The van der Waals surface area contributed by atoms with E-state index in [1.54, 1.807) is 4.68 Å². The molecule has 2 N–H and O–H groups in total. The Bertz CT molecular complexity index is 681. The number of aliphatic hydroxyl groups excluding tert-OH is 1. The van der Waals surface area contributed by atoms with Crippen molar-refractivity contribution >= 4 is 10.9 Å². The van der Waals surface area contributed by atoms with E-state index in [9.17, 15) is 0 Å². The van der Waals surface area contributed by atoms with Crippen molar-refractivity contribution in [2.24, 2.45) is 0 Å². The van der Waals surface area contributed by atoms with E-state index >= 15 is 0 Å². The topological polar surface area (TPSA) is 53.8 Å². The maximum atomic E-state index is 8.90. The molecule has 0 amide bonds. The second kappa shape index (κ2) is 4.31. The van der Waals surface area contributed by atoms with Gasteiger partial charge in [0, 0.05) is 34.4 Å². The minimum atomic E-state index is 0.105. The number of para-hydroxylation sites is 1. The molecule has 0 saturated carbocycles. The van der Waals surface area contributed by atoms with E-state index in [0.29, 0.717) is 6.54 Å². The Hall–Kier alpha value is -2.07. The highest BCUT2D eigenvalue weighted by molar-refractivity contribution is 5.96. The first-order valence-corrected chi connectivity index (χ1v) is 6.00. The van der Waals surface area contributed by atoms with Gasteiger partial charge in [-0.1, -0.05) is 18.2 Å². The quantitative estimate of drug-likeness (QED) is 0.739. The molecule has 0 fully saturated rings. The lowest BCUT2D eigenvalue weighted by Gasteiger charge is -1.97. The first-order chi connectivity index (χ1) is 8.79. The van der Waals surface area contributed by atoms with Gasteiger partial charge in [0.05, 0.1) is 19.3 Å². The highest BCUT2D eigenvalue weighted by Crippen LogP contribution is 2.29. The molecule has 0 aliphatic carbocycles. The van der Waals surface area contributed by atoms with Gasteiger partial charge in [-0.2, -0.15) is 5.10 Å². The molecular weight excluding hydrogens is 226 g/mol. The summed E-state index contributed by atoms with van der Waals surface area (Å²) in [6, 6.07) is 6.27. The Morgan fingerprint density at radius 3 is 3.11 bits per heavy atom. The van der Waals surface area contributed by atoms with E-state index in [0.717, 1.165) is 11.1 Å². The van der Waals surface area contributed by atoms with Crippen LogP contribution >= 0.6 is 0 Å². The SMILES string of the molecule is Cc1cccc2c(-c3cnn(CCO)c3)c[nH]c12. The fourth-order valence-corrected chi connectivity index (χ4v) is 2.27. The fourth-order valence-electron chi connectivity index (χ4n) is 2.27. The van der Waals surface area contributed by atoms with Crippen LogP contribution in [0.15, 0.2) is 36.8 Å². The van der Waals surface area contributed by atoms with Crippen LogP contribution in [0.2, 0.25) is 0 Å². The number of H-pyrrole nitrogens is 1. The summed E-state index contributed by atoms with van der Waals surface area (Å²) in [6.45, 7) is 2.73. The van der Waals surface area contributed by atoms with Gasteiger partial charge in [-0.3, -0.25) is 4.68 Å². The van der Waals surface area contributed by atoms with Gasteiger partial charge in [-0.15, -0.1) is 0 Å². The molecule has 1 aromatic carbocycles. The Balaban J connectivity index is 2.10. The predicted molar refractivity (Wildman–Crippen MR) is 71.3 cm³/mol. The van der Waals surface area contributed by atoms with E-state index in [-0.39, 0.29) is 6.61 Å². The number of aromatic nitrogens is 3. The number of benzene rings is 1. The summed E-state index contributed by atoms with van der Waals surface area (Å²) in [7, 11) is 0. The highest BCUT2D eigenvalue weighted by atomic mass is 16.3. The van der Waals surface area contributed by atoms with Crippen molar-refractivity contribution in [3.63, 3.8) is 0 Å². The lowest BCUT2D eigenvalue weighted by molar-refractivity contribution is 0.269. The summed E-state index contributed by atoms with van der Waals surface area (Å²) in [5.41, 5.74) is 4.63. The molecule has 4 nitrogen and oxygen atoms in total. The molecule has 2 heterocycles. The zero-order chi connectivity index (χ0) is 12.5. The van der Waals surface area contributed by atoms with Crippen molar-refractivity contribution < 1.29 is 5.11 Å². The zero-order valence-corrected chi connectivity index (χ0v) is 10.2. The van der Waals surface area contributed by atoms with Gasteiger partial charge in [0.2, 0.25) is 0 Å². The van der Waals surface area contributed by atoms with Crippen LogP contribution < -0.4 is 0 Å². The highest BCUT2D eigenvalue weighted by Gasteiger charge is 2.09. The number of rotatable bonds is 3. The van der Waals surface area contributed by atoms with Gasteiger partial charge in [0.15, 0.2) is 0 Å². The van der Waals surface area contributed by atoms with Crippen LogP contribution in [0.3, 0.4) is 0 Å². The van der Waals surface area contributed by atoms with Crippen molar-refractivity contribution in [3.8, 4) is 11.1 Å². The predicted octanol–water partition coefficient (Wildman–Crippen LogP) is 2.33. The molecule has 3 aromatic rings. The summed E-state index contributed by atoms with van der Waals surface area (Å²) < 4.78 is 1.75. The number of aryl methyl sites for hydroxylation is 1. The number of aromatic amines is 1. The summed E-state index contributed by atoms with van der Waals surface area (Å²) >= 11 is 0. The summed E-state index contributed by atoms with van der Waals surface area (Å²) in [5.74, 6) is 0. The van der Waals surface area contributed by atoms with Crippen LogP contribution in [0.5, 0.6) is 0 Å². The van der Waals surface area contributed by atoms with E-state index < -0.39 is 0 Å². The Labute approximate surface area is 105 Å². The third kappa shape index (κ3) is 1.71. The summed E-state index contributed by atoms with van der Waals surface area (Å²) in [4.78, 5) is 3.31. The molecule has 0 atom stereocenters. The fraction of sp³-hybridized carbons (Fsp3) is 0.214. The van der Waals surface area contributed by atoms with Gasteiger partial charge < -0.3 is 10.1 Å². The monoisotopic (exact) mass is 241 g/mol. The number of hydrogen-bond acceptors (Lipinski definition) is 2. The Morgan fingerprint density at radius 1 is 1.39 bits per heavy atom. The van der Waals surface area contributed by atoms with Crippen LogP contribution in [0.1, 0.15) is 5.56 Å². The Kier molecular flexibility index (Phi) is 2.64. The van der Waals surface area contributed by atoms with E-state index in [2.05, 4.69) is 35.2 Å². The first-order valence-electron chi connectivity index (χ1n) is 6.00. The third-order valence-corrected chi connectivity index (χ3v) is 3.20. The van der Waals surface area contributed by atoms with Gasteiger partial charge in [-0.05, 0) is 12.5 Å². The van der Waals surface area contributed by atoms with Crippen molar-refractivity contribution in [2.45, 2.75) is 13.5 Å². The van der Waals surface area contributed by atoms with Crippen LogP contribution in [0.25, 0.3) is 22.0 Å². The number of fused-ring (bicyclic) bond motifs is 1.